The lowest BCUT2D eigenvalue weighted by Gasteiger charge is -2.15. The first-order valence-electron chi connectivity index (χ1n) is 6.50. The SMILES string of the molecule is O=[C]N(CCc1ccncc1)C(=O)NCc1ccncc1. The lowest BCUT2D eigenvalue weighted by atomic mass is 10.2. The van der Waals surface area contributed by atoms with E-state index in [1.807, 2.05) is 12.1 Å². The van der Waals surface area contributed by atoms with Crippen LogP contribution in [0.2, 0.25) is 0 Å². The number of imide groups is 1. The van der Waals surface area contributed by atoms with Gasteiger partial charge in [-0.25, -0.2) is 4.79 Å². The molecule has 3 amide bonds. The van der Waals surface area contributed by atoms with Crippen molar-refractivity contribution in [2.75, 3.05) is 6.54 Å². The molecular formula is C15H15N4O2. The van der Waals surface area contributed by atoms with E-state index in [1.54, 1.807) is 43.3 Å². The third-order valence-corrected chi connectivity index (χ3v) is 2.92. The van der Waals surface area contributed by atoms with Crippen molar-refractivity contribution in [3.05, 3.63) is 60.2 Å². The standard InChI is InChI=1S/C15H15N4O2/c20-12-19(10-5-13-1-6-16-7-2-13)15(21)18-11-14-3-8-17-9-4-14/h1-4,6-9H,5,10-11H2,(H,18,21). The van der Waals surface area contributed by atoms with Gasteiger partial charge in [-0.1, -0.05) is 0 Å². The highest BCUT2D eigenvalue weighted by Crippen LogP contribution is 2.00. The first kappa shape index (κ1) is 14.6. The number of amides is 3. The van der Waals surface area contributed by atoms with E-state index in [4.69, 9.17) is 0 Å². The molecule has 2 rings (SSSR count). The second-order valence-corrected chi connectivity index (χ2v) is 4.36. The quantitative estimate of drug-likeness (QED) is 0.811. The molecule has 0 bridgehead atoms. The molecule has 21 heavy (non-hydrogen) atoms. The van der Waals surface area contributed by atoms with Gasteiger partial charge in [-0.3, -0.25) is 19.7 Å². The van der Waals surface area contributed by atoms with Gasteiger partial charge in [0.25, 0.3) is 0 Å². The first-order chi connectivity index (χ1) is 10.3. The Morgan fingerprint density at radius 3 is 2.19 bits per heavy atom. The maximum atomic E-state index is 11.9. The summed E-state index contributed by atoms with van der Waals surface area (Å²) in [7, 11) is 0. The van der Waals surface area contributed by atoms with Crippen molar-refractivity contribution in [3.63, 3.8) is 0 Å². The van der Waals surface area contributed by atoms with Crippen LogP contribution in [0.1, 0.15) is 11.1 Å². The summed E-state index contributed by atoms with van der Waals surface area (Å²) in [6, 6.07) is 6.82. The molecule has 2 aromatic rings. The van der Waals surface area contributed by atoms with Gasteiger partial charge < -0.3 is 5.32 Å². The largest absolute Gasteiger partial charge is 0.334 e. The number of aromatic nitrogens is 2. The predicted octanol–water partition coefficient (Wildman–Crippen LogP) is 1.30. The average Bonchev–Trinajstić information content (AvgIpc) is 2.55. The second-order valence-electron chi connectivity index (χ2n) is 4.36. The Bertz CT molecular complexity index is 575. The molecule has 0 fully saturated rings. The Kier molecular flexibility index (Phi) is 5.40. The van der Waals surface area contributed by atoms with Gasteiger partial charge in [0.05, 0.1) is 0 Å². The van der Waals surface area contributed by atoms with E-state index >= 15 is 0 Å². The van der Waals surface area contributed by atoms with Gasteiger partial charge in [-0.2, -0.15) is 0 Å². The second kappa shape index (κ2) is 7.74. The molecule has 6 nitrogen and oxygen atoms in total. The van der Waals surface area contributed by atoms with Gasteiger partial charge in [-0.15, -0.1) is 0 Å². The summed E-state index contributed by atoms with van der Waals surface area (Å²) in [4.78, 5) is 31.6. The molecule has 0 aliphatic heterocycles. The van der Waals surface area contributed by atoms with E-state index < -0.39 is 6.03 Å². The zero-order valence-electron chi connectivity index (χ0n) is 11.4. The zero-order valence-corrected chi connectivity index (χ0v) is 11.4. The molecule has 0 aliphatic rings. The molecule has 0 unspecified atom stereocenters. The Hall–Kier alpha value is -2.76. The monoisotopic (exact) mass is 283 g/mol. The van der Waals surface area contributed by atoms with Gasteiger partial charge in [0.1, 0.15) is 0 Å². The molecular weight excluding hydrogens is 268 g/mol. The molecule has 0 saturated heterocycles. The van der Waals surface area contributed by atoms with Crippen LogP contribution >= 0.6 is 0 Å². The molecule has 1 radical (unpaired) electrons. The van der Waals surface area contributed by atoms with Crippen LogP contribution in [0.15, 0.2) is 49.1 Å². The summed E-state index contributed by atoms with van der Waals surface area (Å²) in [5.74, 6) is 0. The Morgan fingerprint density at radius 1 is 1.05 bits per heavy atom. The number of pyridine rings is 2. The van der Waals surface area contributed by atoms with Crippen molar-refractivity contribution in [2.45, 2.75) is 13.0 Å². The highest BCUT2D eigenvalue weighted by Gasteiger charge is 2.12. The fourth-order valence-electron chi connectivity index (χ4n) is 1.75. The Morgan fingerprint density at radius 2 is 1.62 bits per heavy atom. The molecule has 0 saturated carbocycles. The minimum absolute atomic E-state index is 0.274. The minimum atomic E-state index is -0.462. The van der Waals surface area contributed by atoms with Crippen molar-refractivity contribution >= 4 is 12.4 Å². The Balaban J connectivity index is 1.82. The van der Waals surface area contributed by atoms with E-state index in [9.17, 15) is 9.59 Å². The van der Waals surface area contributed by atoms with Crippen LogP contribution in [0.4, 0.5) is 4.79 Å². The van der Waals surface area contributed by atoms with Crippen molar-refractivity contribution in [1.82, 2.24) is 20.2 Å². The highest BCUT2D eigenvalue weighted by molar-refractivity contribution is 5.84. The molecule has 107 valence electrons. The van der Waals surface area contributed by atoms with Gasteiger partial charge in [0.2, 0.25) is 0 Å². The van der Waals surface area contributed by atoms with Gasteiger partial charge in [0.15, 0.2) is 0 Å². The van der Waals surface area contributed by atoms with Crippen molar-refractivity contribution < 1.29 is 9.59 Å². The molecule has 0 aliphatic carbocycles. The van der Waals surface area contributed by atoms with Crippen LogP contribution in [0.5, 0.6) is 0 Å². The van der Waals surface area contributed by atoms with E-state index in [-0.39, 0.29) is 6.54 Å². The lowest BCUT2D eigenvalue weighted by Crippen LogP contribution is -2.39. The molecule has 1 N–H and O–H groups in total. The summed E-state index contributed by atoms with van der Waals surface area (Å²) in [6.45, 7) is 0.616. The molecule has 2 heterocycles. The third kappa shape index (κ3) is 4.68. The van der Waals surface area contributed by atoms with E-state index in [0.29, 0.717) is 13.0 Å². The topological polar surface area (TPSA) is 75.2 Å². The number of nitrogens with zero attached hydrogens (tertiary/aromatic N) is 3. The number of carbonyl (C=O) groups is 1. The number of urea groups is 1. The maximum absolute atomic E-state index is 11.9. The highest BCUT2D eigenvalue weighted by atomic mass is 16.2. The molecule has 2 aromatic heterocycles. The number of hydrogen-bond donors (Lipinski definition) is 1. The van der Waals surface area contributed by atoms with Crippen LogP contribution in [0.3, 0.4) is 0 Å². The fraction of sp³-hybridized carbons (Fsp3) is 0.200. The Labute approximate surface area is 122 Å². The number of nitrogens with one attached hydrogen (secondary N) is 1. The number of hydrogen-bond acceptors (Lipinski definition) is 4. The summed E-state index contributed by atoms with van der Waals surface area (Å²) < 4.78 is 0. The van der Waals surface area contributed by atoms with Crippen LogP contribution < -0.4 is 5.32 Å². The van der Waals surface area contributed by atoms with Crippen molar-refractivity contribution in [2.24, 2.45) is 0 Å². The van der Waals surface area contributed by atoms with Gasteiger partial charge in [-0.05, 0) is 41.8 Å². The van der Waals surface area contributed by atoms with Crippen LogP contribution in [0, 0.1) is 0 Å². The van der Waals surface area contributed by atoms with E-state index in [0.717, 1.165) is 16.0 Å². The number of carbonyl (C=O) groups excluding carboxylic acids is 2. The summed E-state index contributed by atoms with van der Waals surface area (Å²) in [5.41, 5.74) is 1.92. The lowest BCUT2D eigenvalue weighted by molar-refractivity contribution is 0.219. The zero-order chi connectivity index (χ0) is 14.9. The maximum Gasteiger partial charge on any atom is 0.324 e. The third-order valence-electron chi connectivity index (χ3n) is 2.92. The normalized spacial score (nSPS) is 9.90. The summed E-state index contributed by atoms with van der Waals surface area (Å²) >= 11 is 0. The smallest absolute Gasteiger partial charge is 0.324 e. The van der Waals surface area contributed by atoms with E-state index in [2.05, 4.69) is 15.3 Å². The van der Waals surface area contributed by atoms with Crippen molar-refractivity contribution in [1.29, 1.82) is 0 Å². The fourth-order valence-corrected chi connectivity index (χ4v) is 1.75. The summed E-state index contributed by atoms with van der Waals surface area (Å²) in [6.07, 6.45) is 8.87. The molecule has 6 heteroatoms. The minimum Gasteiger partial charge on any atom is -0.334 e. The van der Waals surface area contributed by atoms with Gasteiger partial charge in [0, 0.05) is 37.9 Å². The average molecular weight is 283 g/mol. The molecule has 0 aromatic carbocycles. The van der Waals surface area contributed by atoms with E-state index in [1.165, 1.54) is 0 Å². The number of rotatable bonds is 6. The molecule has 0 spiro atoms. The van der Waals surface area contributed by atoms with Crippen LogP contribution in [-0.2, 0) is 17.8 Å². The summed E-state index contributed by atoms with van der Waals surface area (Å²) in [5, 5.41) is 2.67. The van der Waals surface area contributed by atoms with Crippen LogP contribution in [0.25, 0.3) is 0 Å². The van der Waals surface area contributed by atoms with Crippen molar-refractivity contribution in [3.8, 4) is 0 Å². The first-order valence-corrected chi connectivity index (χ1v) is 6.50. The van der Waals surface area contributed by atoms with Gasteiger partial charge >= 0.3 is 12.4 Å². The predicted molar refractivity (Wildman–Crippen MR) is 76.8 cm³/mol. The molecule has 0 atom stereocenters. The van der Waals surface area contributed by atoms with Crippen LogP contribution in [-0.4, -0.2) is 33.9 Å².